The Bertz CT molecular complexity index is 250. The Morgan fingerprint density at radius 2 is 1.83 bits per heavy atom. The van der Waals surface area contributed by atoms with E-state index in [4.69, 9.17) is 10.8 Å². The molecule has 0 aromatic rings. The van der Waals surface area contributed by atoms with Crippen LogP contribution in [0, 0.1) is 16.2 Å². The van der Waals surface area contributed by atoms with Crippen molar-refractivity contribution in [2.75, 3.05) is 0 Å². The van der Waals surface area contributed by atoms with Gasteiger partial charge in [0.15, 0.2) is 0 Å². The fraction of sp³-hybridized carbons (Fsp3) is 0.500. The summed E-state index contributed by atoms with van der Waals surface area (Å²) in [6, 6.07) is 0. The molecule has 0 heterocycles. The van der Waals surface area contributed by atoms with Crippen LogP contribution >= 0.6 is 0 Å². The van der Waals surface area contributed by atoms with Crippen molar-refractivity contribution < 1.29 is 9.59 Å². The van der Waals surface area contributed by atoms with Crippen LogP contribution in [0.2, 0.25) is 0 Å². The van der Waals surface area contributed by atoms with Crippen molar-refractivity contribution in [3.63, 3.8) is 0 Å². The lowest BCUT2D eigenvalue weighted by atomic mass is 9.74. The topological polar surface area (TPSA) is 81.8 Å². The van der Waals surface area contributed by atoms with E-state index >= 15 is 0 Å². The lowest BCUT2D eigenvalue weighted by molar-refractivity contribution is -0.122. The zero-order chi connectivity index (χ0) is 9.19. The van der Waals surface area contributed by atoms with E-state index in [1.54, 1.807) is 0 Å². The molecule has 1 saturated carbocycles. The average molecular weight is 166 g/mol. The van der Waals surface area contributed by atoms with E-state index in [0.717, 1.165) is 0 Å². The minimum Gasteiger partial charge on any atom is -0.303 e. The zero-order valence-electron chi connectivity index (χ0n) is 6.59. The van der Waals surface area contributed by atoms with Crippen molar-refractivity contribution in [1.82, 2.24) is 0 Å². The first-order valence-electron chi connectivity index (χ1n) is 3.76. The molecule has 12 heavy (non-hydrogen) atoms. The van der Waals surface area contributed by atoms with E-state index in [1.165, 1.54) is 0 Å². The van der Waals surface area contributed by atoms with Crippen LogP contribution in [0.15, 0.2) is 0 Å². The summed E-state index contributed by atoms with van der Waals surface area (Å²) < 4.78 is 0. The van der Waals surface area contributed by atoms with Gasteiger partial charge in [-0.05, 0) is 19.3 Å². The minimum atomic E-state index is -1.31. The van der Waals surface area contributed by atoms with Gasteiger partial charge in [-0.2, -0.15) is 0 Å². The Balaban J connectivity index is 3.01. The highest BCUT2D eigenvalue weighted by atomic mass is 16.1. The van der Waals surface area contributed by atoms with Gasteiger partial charge in [0.1, 0.15) is 18.0 Å². The molecular formula is C8H10N2O2. The molecule has 64 valence electrons. The highest BCUT2D eigenvalue weighted by Gasteiger charge is 2.39. The first-order valence-corrected chi connectivity index (χ1v) is 3.76. The molecule has 0 aliphatic heterocycles. The quantitative estimate of drug-likeness (QED) is 0.465. The van der Waals surface area contributed by atoms with Gasteiger partial charge in [-0.3, -0.25) is 0 Å². The van der Waals surface area contributed by atoms with Gasteiger partial charge in [0.2, 0.25) is 0 Å². The molecule has 0 aromatic heterocycles. The number of rotatable bonds is 2. The molecule has 4 nitrogen and oxygen atoms in total. The number of hydrogen-bond donors (Lipinski definition) is 2. The van der Waals surface area contributed by atoms with Crippen LogP contribution in [0.25, 0.3) is 0 Å². The van der Waals surface area contributed by atoms with E-state index in [1.807, 2.05) is 0 Å². The van der Waals surface area contributed by atoms with Crippen molar-refractivity contribution in [3.8, 4) is 0 Å². The first kappa shape index (κ1) is 8.77. The van der Waals surface area contributed by atoms with Gasteiger partial charge in [0.25, 0.3) is 0 Å². The minimum absolute atomic E-state index is 0.112. The van der Waals surface area contributed by atoms with Crippen molar-refractivity contribution in [1.29, 1.82) is 10.8 Å². The third-order valence-corrected chi connectivity index (χ3v) is 2.21. The molecule has 2 N–H and O–H groups in total. The summed E-state index contributed by atoms with van der Waals surface area (Å²) in [5, 5.41) is 14.7. The lowest BCUT2D eigenvalue weighted by Crippen LogP contribution is -2.42. The third kappa shape index (κ3) is 1.09. The van der Waals surface area contributed by atoms with E-state index < -0.39 is 5.41 Å². The molecule has 0 bridgehead atoms. The summed E-state index contributed by atoms with van der Waals surface area (Å²) in [6.07, 6.45) is 2.48. The van der Waals surface area contributed by atoms with Crippen LogP contribution in [0.3, 0.4) is 0 Å². The Labute approximate surface area is 70.0 Å². The highest BCUT2D eigenvalue weighted by molar-refractivity contribution is 6.48. The van der Waals surface area contributed by atoms with Crippen molar-refractivity contribution in [3.05, 3.63) is 0 Å². The first-order chi connectivity index (χ1) is 5.66. The molecule has 0 saturated heterocycles. The second kappa shape index (κ2) is 2.97. The molecule has 0 spiro atoms. The predicted molar refractivity (Wildman–Crippen MR) is 43.9 cm³/mol. The van der Waals surface area contributed by atoms with Gasteiger partial charge in [-0.25, -0.2) is 0 Å². The molecule has 1 aliphatic carbocycles. The summed E-state index contributed by atoms with van der Waals surface area (Å²) in [5.74, 6) is 0. The maximum absolute atomic E-state index is 10.6. The third-order valence-electron chi connectivity index (χ3n) is 2.21. The number of aldehydes is 2. The molecule has 0 unspecified atom stereocenters. The fourth-order valence-corrected chi connectivity index (χ4v) is 1.35. The average Bonchev–Trinajstić information content (AvgIpc) is 2.11. The standard InChI is InChI=1S/C8H10N2O2/c9-6-2-1-3-8(4-11,5-12)7(6)10/h4-5,9-10H,1-3H2. The summed E-state index contributed by atoms with van der Waals surface area (Å²) >= 11 is 0. The Morgan fingerprint density at radius 1 is 1.25 bits per heavy atom. The Hall–Kier alpha value is -1.32. The van der Waals surface area contributed by atoms with Crippen LogP contribution in [0.1, 0.15) is 19.3 Å². The van der Waals surface area contributed by atoms with Crippen molar-refractivity contribution in [2.45, 2.75) is 19.3 Å². The smallest absolute Gasteiger partial charge is 0.139 e. The number of carbonyl (C=O) groups excluding carboxylic acids is 2. The van der Waals surface area contributed by atoms with Crippen LogP contribution in [0.5, 0.6) is 0 Å². The van der Waals surface area contributed by atoms with Gasteiger partial charge >= 0.3 is 0 Å². The summed E-state index contributed by atoms with van der Waals surface area (Å²) in [5.41, 5.74) is -1.32. The van der Waals surface area contributed by atoms with Gasteiger partial charge < -0.3 is 20.4 Å². The maximum Gasteiger partial charge on any atom is 0.139 e. The zero-order valence-corrected chi connectivity index (χ0v) is 6.59. The van der Waals surface area contributed by atoms with Gasteiger partial charge in [0.05, 0.1) is 11.4 Å². The highest BCUT2D eigenvalue weighted by Crippen LogP contribution is 2.27. The second-order valence-electron chi connectivity index (χ2n) is 2.98. The van der Waals surface area contributed by atoms with Crippen molar-refractivity contribution in [2.24, 2.45) is 5.41 Å². The molecule has 0 atom stereocenters. The largest absolute Gasteiger partial charge is 0.303 e. The van der Waals surface area contributed by atoms with E-state index in [9.17, 15) is 9.59 Å². The SMILES string of the molecule is N=C1CCCC(C=O)(C=O)C1=N. The van der Waals surface area contributed by atoms with E-state index in [2.05, 4.69) is 0 Å². The molecule has 1 rings (SSSR count). The van der Waals surface area contributed by atoms with Crippen LogP contribution < -0.4 is 0 Å². The van der Waals surface area contributed by atoms with Gasteiger partial charge in [0, 0.05) is 0 Å². The van der Waals surface area contributed by atoms with E-state index in [-0.39, 0.29) is 11.4 Å². The van der Waals surface area contributed by atoms with Gasteiger partial charge in [-0.1, -0.05) is 0 Å². The Kier molecular flexibility index (Phi) is 2.17. The van der Waals surface area contributed by atoms with Crippen molar-refractivity contribution >= 4 is 24.0 Å². The summed E-state index contributed by atoms with van der Waals surface area (Å²) in [6.45, 7) is 0. The molecule has 0 radical (unpaired) electrons. The molecule has 1 aliphatic rings. The molecule has 0 aromatic carbocycles. The molecule has 0 amide bonds. The molecular weight excluding hydrogens is 156 g/mol. The number of carbonyl (C=O) groups is 2. The molecule has 4 heteroatoms. The maximum atomic E-state index is 10.6. The fourth-order valence-electron chi connectivity index (χ4n) is 1.35. The number of hydrogen-bond acceptors (Lipinski definition) is 4. The number of nitrogens with one attached hydrogen (secondary N) is 2. The van der Waals surface area contributed by atoms with E-state index in [0.29, 0.717) is 31.8 Å². The summed E-state index contributed by atoms with van der Waals surface area (Å²) in [4.78, 5) is 21.2. The molecule has 1 fully saturated rings. The monoisotopic (exact) mass is 166 g/mol. The second-order valence-corrected chi connectivity index (χ2v) is 2.98. The Morgan fingerprint density at radius 3 is 2.25 bits per heavy atom. The van der Waals surface area contributed by atoms with Crippen LogP contribution in [-0.2, 0) is 9.59 Å². The predicted octanol–water partition coefficient (Wildman–Crippen LogP) is 0.594. The van der Waals surface area contributed by atoms with Gasteiger partial charge in [-0.15, -0.1) is 0 Å². The normalized spacial score (nSPS) is 22.0. The van der Waals surface area contributed by atoms with Crippen LogP contribution in [-0.4, -0.2) is 24.0 Å². The van der Waals surface area contributed by atoms with Crippen LogP contribution in [0.4, 0.5) is 0 Å². The lowest BCUT2D eigenvalue weighted by Gasteiger charge is -2.27. The summed E-state index contributed by atoms with van der Waals surface area (Å²) in [7, 11) is 0.